The van der Waals surface area contributed by atoms with Gasteiger partial charge in [-0.25, -0.2) is 0 Å². The summed E-state index contributed by atoms with van der Waals surface area (Å²) in [6.45, 7) is 1.45. The molecule has 0 aromatic heterocycles. The molecule has 0 aliphatic heterocycles. The van der Waals surface area contributed by atoms with E-state index < -0.39 is 12.1 Å². The molecule has 0 fully saturated rings. The first-order chi connectivity index (χ1) is 3.72. The standard InChI is InChI=1S/C4H9NO2/c1-3(7)4(5)2-6/h2-4,7H,5H2,1H3/t3-,4-/m1/s1/i/hD. The van der Waals surface area contributed by atoms with E-state index in [1.807, 2.05) is 5.73 Å². The van der Waals surface area contributed by atoms with Crippen LogP contribution in [0.4, 0.5) is 0 Å². The lowest BCUT2D eigenvalue weighted by Crippen LogP contribution is -2.33. The summed E-state index contributed by atoms with van der Waals surface area (Å²) >= 11 is 0. The Morgan fingerprint density at radius 3 is 2.71 bits per heavy atom. The molecule has 3 nitrogen and oxygen atoms in total. The van der Waals surface area contributed by atoms with Crippen molar-refractivity contribution in [2.75, 3.05) is 0 Å². The van der Waals surface area contributed by atoms with Crippen molar-refractivity contribution in [3.8, 4) is 0 Å². The SMILES string of the molecule is [2H]N[C@H](C=O)[C@@H](C)O. The van der Waals surface area contributed by atoms with Crippen LogP contribution in [0, 0.1) is 0 Å². The van der Waals surface area contributed by atoms with E-state index >= 15 is 0 Å². The Hall–Kier alpha value is -0.410. The van der Waals surface area contributed by atoms with Gasteiger partial charge in [0.1, 0.15) is 7.70 Å². The van der Waals surface area contributed by atoms with Gasteiger partial charge in [0, 0.05) is 0 Å². The predicted molar refractivity (Wildman–Crippen MR) is 25.7 cm³/mol. The number of carbonyl (C=O) groups is 1. The first kappa shape index (κ1) is 4.74. The Morgan fingerprint density at radius 2 is 2.71 bits per heavy atom. The van der Waals surface area contributed by atoms with Gasteiger partial charge < -0.3 is 15.6 Å². The molecule has 3 N–H and O–H groups in total. The van der Waals surface area contributed by atoms with Crippen LogP contribution >= 0.6 is 0 Å². The Balaban J connectivity index is 3.51. The molecule has 0 saturated carbocycles. The monoisotopic (exact) mass is 104 g/mol. The number of aliphatic hydroxyl groups excluding tert-OH is 1. The fraction of sp³-hybridized carbons (Fsp3) is 0.750. The Bertz CT molecular complexity index is 76.4. The predicted octanol–water partition coefficient (Wildman–Crippen LogP) is -1.11. The summed E-state index contributed by atoms with van der Waals surface area (Å²) in [5, 5.41) is 8.60. The second kappa shape index (κ2) is 2.71. The average Bonchev–Trinajstić information content (AvgIpc) is 1.69. The van der Waals surface area contributed by atoms with E-state index in [0.29, 0.717) is 6.29 Å². The molecule has 0 spiro atoms. The highest BCUT2D eigenvalue weighted by molar-refractivity contribution is 5.57. The zero-order valence-electron chi connectivity index (χ0n) is 5.09. The first-order valence-electron chi connectivity index (χ1n) is 2.53. The second-order valence-corrected chi connectivity index (χ2v) is 1.40. The summed E-state index contributed by atoms with van der Waals surface area (Å²) in [7, 11) is 0. The molecule has 0 aromatic carbocycles. The van der Waals surface area contributed by atoms with Crippen LogP contribution in [-0.2, 0) is 4.79 Å². The quantitative estimate of drug-likeness (QED) is 0.446. The minimum absolute atomic E-state index is 0.498. The molecule has 0 rings (SSSR count). The van der Waals surface area contributed by atoms with Crippen molar-refractivity contribution in [2.24, 2.45) is 5.73 Å². The molecule has 0 heterocycles. The summed E-state index contributed by atoms with van der Waals surface area (Å²) in [4.78, 5) is 9.84. The summed E-state index contributed by atoms with van der Waals surface area (Å²) in [5.41, 5.74) is 1.88. The van der Waals surface area contributed by atoms with E-state index in [0.717, 1.165) is 0 Å². The molecule has 0 aromatic rings. The average molecular weight is 104 g/mol. The number of rotatable bonds is 3. The number of carbonyl (C=O) groups excluding carboxylic acids is 1. The summed E-state index contributed by atoms with van der Waals surface area (Å²) in [6, 6.07) is -0.755. The van der Waals surface area contributed by atoms with E-state index in [1.54, 1.807) is 0 Å². The van der Waals surface area contributed by atoms with E-state index in [4.69, 9.17) is 6.52 Å². The van der Waals surface area contributed by atoms with Gasteiger partial charge in [0.25, 0.3) is 0 Å². The molecular formula is C4H9NO2. The van der Waals surface area contributed by atoms with Crippen LogP contribution in [0.5, 0.6) is 0 Å². The zero-order valence-corrected chi connectivity index (χ0v) is 4.09. The number of nitrogens with two attached hydrogens (primary N) is 1. The summed E-state index contributed by atoms with van der Waals surface area (Å²) in [6.07, 6.45) is -0.289. The maximum Gasteiger partial charge on any atom is 0.139 e. The summed E-state index contributed by atoms with van der Waals surface area (Å²) < 4.78 is 6.45. The fourth-order valence-corrected chi connectivity index (χ4v) is 0.114. The van der Waals surface area contributed by atoms with Gasteiger partial charge in [0.15, 0.2) is 0 Å². The molecule has 0 aliphatic carbocycles. The van der Waals surface area contributed by atoms with Gasteiger partial charge in [-0.3, -0.25) is 0 Å². The van der Waals surface area contributed by atoms with E-state index in [1.165, 1.54) is 6.92 Å². The highest BCUT2D eigenvalue weighted by Gasteiger charge is 2.04. The van der Waals surface area contributed by atoms with Crippen molar-refractivity contribution < 1.29 is 11.3 Å². The minimum Gasteiger partial charge on any atom is -0.391 e. The van der Waals surface area contributed by atoms with Crippen LogP contribution in [0.15, 0.2) is 0 Å². The van der Waals surface area contributed by atoms with Crippen molar-refractivity contribution in [3.63, 3.8) is 0 Å². The highest BCUT2D eigenvalue weighted by atomic mass is 16.3. The Morgan fingerprint density at radius 1 is 2.14 bits per heavy atom. The van der Waals surface area contributed by atoms with Crippen LogP contribution < -0.4 is 5.73 Å². The molecule has 0 bridgehead atoms. The Kier molecular flexibility index (Phi) is 1.84. The van der Waals surface area contributed by atoms with Gasteiger partial charge in [-0.15, -0.1) is 0 Å². The third-order valence-electron chi connectivity index (χ3n) is 0.666. The van der Waals surface area contributed by atoms with Crippen LogP contribution in [-0.4, -0.2) is 23.5 Å². The second-order valence-electron chi connectivity index (χ2n) is 1.40. The van der Waals surface area contributed by atoms with Gasteiger partial charge >= 0.3 is 0 Å². The molecule has 0 aliphatic rings. The molecule has 3 heteroatoms. The molecule has 0 saturated heterocycles. The van der Waals surface area contributed by atoms with Crippen molar-refractivity contribution >= 4 is 6.29 Å². The lowest BCUT2D eigenvalue weighted by molar-refractivity contribution is -0.110. The normalized spacial score (nSPS) is 20.0. The van der Waals surface area contributed by atoms with Crippen molar-refractivity contribution in [1.29, 1.82) is 0 Å². The largest absolute Gasteiger partial charge is 0.391 e. The maximum absolute atomic E-state index is 9.84. The molecule has 0 unspecified atom stereocenters. The van der Waals surface area contributed by atoms with E-state index in [9.17, 15) is 4.79 Å². The highest BCUT2D eigenvalue weighted by Crippen LogP contribution is 1.80. The third kappa shape index (κ3) is 2.31. The first-order valence-corrected chi connectivity index (χ1v) is 2.03. The van der Waals surface area contributed by atoms with Gasteiger partial charge in [0.2, 0.25) is 0 Å². The van der Waals surface area contributed by atoms with Crippen LogP contribution in [0.1, 0.15) is 6.92 Å². The lowest BCUT2D eigenvalue weighted by atomic mass is 10.2. The number of aliphatic hydroxyl groups is 1. The molecule has 42 valence electrons. The van der Waals surface area contributed by atoms with Crippen molar-refractivity contribution in [2.45, 2.75) is 19.1 Å². The van der Waals surface area contributed by atoms with Gasteiger partial charge in [-0.1, -0.05) is 0 Å². The third-order valence-corrected chi connectivity index (χ3v) is 0.666. The van der Waals surface area contributed by atoms with Crippen molar-refractivity contribution in [3.05, 3.63) is 0 Å². The number of hydrogen-bond donors (Lipinski definition) is 2. The van der Waals surface area contributed by atoms with Crippen LogP contribution in [0.2, 0.25) is 1.41 Å². The smallest absolute Gasteiger partial charge is 0.139 e. The lowest BCUT2D eigenvalue weighted by Gasteiger charge is -2.03. The molecule has 7 heavy (non-hydrogen) atoms. The van der Waals surface area contributed by atoms with Gasteiger partial charge in [-0.05, 0) is 6.92 Å². The molecule has 0 radical (unpaired) electrons. The topological polar surface area (TPSA) is 63.3 Å². The van der Waals surface area contributed by atoms with E-state index in [-0.39, 0.29) is 0 Å². The van der Waals surface area contributed by atoms with Gasteiger partial charge in [-0.2, -0.15) is 0 Å². The molecular weight excluding hydrogens is 94.0 g/mol. The van der Waals surface area contributed by atoms with Crippen LogP contribution in [0.3, 0.4) is 0 Å². The summed E-state index contributed by atoms with van der Waals surface area (Å²) in [5.74, 6) is 0. The van der Waals surface area contributed by atoms with Crippen molar-refractivity contribution in [1.82, 2.24) is 0 Å². The van der Waals surface area contributed by atoms with Crippen LogP contribution in [0.25, 0.3) is 0 Å². The molecule has 2 atom stereocenters. The fourth-order valence-electron chi connectivity index (χ4n) is 0.114. The maximum atomic E-state index is 9.84. The molecule has 0 amide bonds. The number of aldehydes is 1. The van der Waals surface area contributed by atoms with E-state index in [2.05, 4.69) is 0 Å². The van der Waals surface area contributed by atoms with Gasteiger partial charge in [0.05, 0.1) is 12.1 Å². The Labute approximate surface area is 43.6 Å². The zero-order chi connectivity index (χ0) is 6.57. The number of hydrogen-bond acceptors (Lipinski definition) is 3. The minimum atomic E-state index is -0.787.